The fourth-order valence-electron chi connectivity index (χ4n) is 4.26. The number of hydrogen-bond acceptors (Lipinski definition) is 5. The highest BCUT2D eigenvalue weighted by Gasteiger charge is 2.32. The molecular formula is C24H19N2O5S+. The van der Waals surface area contributed by atoms with Crippen LogP contribution in [0.4, 0.5) is 11.4 Å². The van der Waals surface area contributed by atoms with Gasteiger partial charge in [0.15, 0.2) is 5.78 Å². The normalized spacial score (nSPS) is 12.7. The number of nitrogens with zero attached hydrogens (tertiary/aromatic N) is 1. The number of rotatable bonds is 3. The molecular weight excluding hydrogens is 428 g/mol. The van der Waals surface area contributed by atoms with Gasteiger partial charge in [-0.05, 0) is 36.2 Å². The second-order valence-electron chi connectivity index (χ2n) is 7.83. The lowest BCUT2D eigenvalue weighted by molar-refractivity contribution is -0.651. The van der Waals surface area contributed by atoms with Crippen LogP contribution in [0.1, 0.15) is 21.5 Å². The maximum absolute atomic E-state index is 13.6. The molecule has 1 heterocycles. The first kappa shape index (κ1) is 20.2. The maximum Gasteiger partial charge on any atom is 0.366 e. The number of anilines is 2. The lowest BCUT2D eigenvalue weighted by Gasteiger charge is -2.22. The van der Waals surface area contributed by atoms with Crippen LogP contribution in [0.5, 0.6) is 5.88 Å². The number of hydrogen-bond donors (Lipinski definition) is 3. The molecule has 5 rings (SSSR count). The standard InChI is InChI=1S/C24H18N2O5S/c1-13-7-8-17(20(11-13)32(29,30)31)25-18-9-10-19-22-16(12-21(27)26(19)2)14-5-3-4-6-15(14)24(28)23(18)22/h3-12H,1-2H3,(H2,25,28,29,30,31)/p+1. The van der Waals surface area contributed by atoms with Gasteiger partial charge in [-0.1, -0.05) is 30.3 Å². The highest BCUT2D eigenvalue weighted by Crippen LogP contribution is 2.43. The van der Waals surface area contributed by atoms with Crippen molar-refractivity contribution in [3.8, 4) is 17.0 Å². The van der Waals surface area contributed by atoms with Gasteiger partial charge in [0.2, 0.25) is 5.52 Å². The van der Waals surface area contributed by atoms with Gasteiger partial charge >= 0.3 is 5.88 Å². The van der Waals surface area contributed by atoms with Gasteiger partial charge in [-0.25, -0.2) is 0 Å². The fraction of sp³-hybridized carbons (Fsp3) is 0.0833. The fourth-order valence-corrected chi connectivity index (χ4v) is 4.99. The van der Waals surface area contributed by atoms with Crippen molar-refractivity contribution in [1.29, 1.82) is 0 Å². The predicted octanol–water partition coefficient (Wildman–Crippen LogP) is 3.88. The van der Waals surface area contributed by atoms with Crippen molar-refractivity contribution in [2.45, 2.75) is 11.8 Å². The molecule has 0 aliphatic heterocycles. The summed E-state index contributed by atoms with van der Waals surface area (Å²) in [5.74, 6) is -0.164. The zero-order chi connectivity index (χ0) is 22.8. The maximum atomic E-state index is 13.6. The van der Waals surface area contributed by atoms with Crippen molar-refractivity contribution >= 4 is 38.2 Å². The van der Waals surface area contributed by atoms with Gasteiger partial charge < -0.3 is 10.4 Å². The van der Waals surface area contributed by atoms with Crippen LogP contribution in [-0.4, -0.2) is 23.9 Å². The number of benzene rings is 3. The van der Waals surface area contributed by atoms with Crippen LogP contribution in [0.2, 0.25) is 0 Å². The summed E-state index contributed by atoms with van der Waals surface area (Å²) in [6.07, 6.45) is 0. The van der Waals surface area contributed by atoms with Crippen LogP contribution in [-0.2, 0) is 17.2 Å². The molecule has 0 fully saturated rings. The molecule has 32 heavy (non-hydrogen) atoms. The number of nitrogens with one attached hydrogen (secondary N) is 1. The van der Waals surface area contributed by atoms with Crippen molar-refractivity contribution in [3.05, 3.63) is 77.4 Å². The molecule has 0 saturated heterocycles. The van der Waals surface area contributed by atoms with Crippen LogP contribution in [0.25, 0.3) is 22.0 Å². The number of pyridine rings is 1. The van der Waals surface area contributed by atoms with Gasteiger partial charge in [-0.15, -0.1) is 0 Å². The Morgan fingerprint density at radius 3 is 2.31 bits per heavy atom. The Kier molecular flexibility index (Phi) is 4.34. The summed E-state index contributed by atoms with van der Waals surface area (Å²) in [5.41, 5.74) is 4.17. The molecule has 0 amide bonds. The van der Waals surface area contributed by atoms with Crippen LogP contribution in [0, 0.1) is 6.92 Å². The number of fused-ring (bicyclic) bond motifs is 2. The number of carbonyl (C=O) groups is 1. The van der Waals surface area contributed by atoms with E-state index >= 15 is 0 Å². The van der Waals surface area contributed by atoms with Crippen molar-refractivity contribution < 1.29 is 27.4 Å². The molecule has 0 bridgehead atoms. The van der Waals surface area contributed by atoms with Gasteiger partial charge in [0.1, 0.15) is 11.9 Å². The molecule has 0 radical (unpaired) electrons. The minimum absolute atomic E-state index is 0.0514. The summed E-state index contributed by atoms with van der Waals surface area (Å²) in [7, 11) is -2.79. The van der Waals surface area contributed by atoms with Crippen LogP contribution in [0.3, 0.4) is 0 Å². The third-order valence-corrected chi connectivity index (χ3v) is 6.70. The van der Waals surface area contributed by atoms with E-state index in [2.05, 4.69) is 5.32 Å². The summed E-state index contributed by atoms with van der Waals surface area (Å²) < 4.78 is 35.2. The van der Waals surface area contributed by atoms with Crippen molar-refractivity contribution in [3.63, 3.8) is 0 Å². The molecule has 1 aromatic heterocycles. The van der Waals surface area contributed by atoms with Gasteiger partial charge in [0, 0.05) is 17.2 Å². The first-order valence-electron chi connectivity index (χ1n) is 9.85. The molecule has 0 atom stereocenters. The van der Waals surface area contributed by atoms with E-state index in [1.54, 1.807) is 61.0 Å². The molecule has 8 heteroatoms. The highest BCUT2D eigenvalue weighted by molar-refractivity contribution is 7.86. The molecule has 7 nitrogen and oxygen atoms in total. The van der Waals surface area contributed by atoms with E-state index in [1.807, 2.05) is 12.1 Å². The molecule has 0 saturated carbocycles. The Labute approximate surface area is 184 Å². The summed E-state index contributed by atoms with van der Waals surface area (Å²) in [6, 6.07) is 16.8. The van der Waals surface area contributed by atoms with Gasteiger partial charge in [-0.3, -0.25) is 9.35 Å². The Morgan fingerprint density at radius 1 is 0.906 bits per heavy atom. The molecule has 0 unspecified atom stereocenters. The smallest absolute Gasteiger partial charge is 0.366 e. The van der Waals surface area contributed by atoms with Gasteiger partial charge in [0.05, 0.1) is 28.4 Å². The first-order chi connectivity index (χ1) is 15.2. The van der Waals surface area contributed by atoms with E-state index in [4.69, 9.17) is 0 Å². The second kappa shape index (κ2) is 6.88. The Bertz CT molecular complexity index is 1580. The average Bonchev–Trinajstić information content (AvgIpc) is 2.75. The van der Waals surface area contributed by atoms with Crippen LogP contribution in [0.15, 0.2) is 65.6 Å². The second-order valence-corrected chi connectivity index (χ2v) is 9.22. The molecule has 3 N–H and O–H groups in total. The van der Waals surface area contributed by atoms with E-state index in [0.29, 0.717) is 38.8 Å². The first-order valence-corrected chi connectivity index (χ1v) is 11.3. The summed E-state index contributed by atoms with van der Waals surface area (Å²) in [4.78, 5) is 13.3. The number of carbonyl (C=O) groups excluding carboxylic acids is 1. The highest BCUT2D eigenvalue weighted by atomic mass is 32.2. The zero-order valence-corrected chi connectivity index (χ0v) is 18.1. The topological polar surface area (TPSA) is 108 Å². The molecule has 3 aromatic carbocycles. The molecule has 160 valence electrons. The predicted molar refractivity (Wildman–Crippen MR) is 120 cm³/mol. The Morgan fingerprint density at radius 2 is 1.59 bits per heavy atom. The van der Waals surface area contributed by atoms with Crippen molar-refractivity contribution in [2.75, 3.05) is 5.32 Å². The van der Waals surface area contributed by atoms with Crippen LogP contribution < -0.4 is 9.88 Å². The zero-order valence-electron chi connectivity index (χ0n) is 17.2. The number of ketones is 1. The number of aryl methyl sites for hydroxylation is 2. The largest absolute Gasteiger partial charge is 0.460 e. The SMILES string of the molecule is Cc1ccc(Nc2ccc3c4c(cc(O)[n+]3C)-c3ccccc3C(=O)c24)c(S(=O)(=O)O)c1. The quantitative estimate of drug-likeness (QED) is 0.286. The monoisotopic (exact) mass is 447 g/mol. The summed E-state index contributed by atoms with van der Waals surface area (Å²) >= 11 is 0. The average molecular weight is 447 g/mol. The van der Waals surface area contributed by atoms with Gasteiger partial charge in [-0.2, -0.15) is 13.0 Å². The van der Waals surface area contributed by atoms with E-state index < -0.39 is 10.1 Å². The van der Waals surface area contributed by atoms with Gasteiger partial charge in [0.25, 0.3) is 10.1 Å². The van der Waals surface area contributed by atoms with E-state index in [9.17, 15) is 22.9 Å². The lowest BCUT2D eigenvalue weighted by Crippen LogP contribution is -2.30. The van der Waals surface area contributed by atoms with Crippen LogP contribution >= 0.6 is 0 Å². The third kappa shape index (κ3) is 2.96. The van der Waals surface area contributed by atoms with E-state index in [-0.39, 0.29) is 22.2 Å². The number of aromatic hydroxyl groups is 1. The Balaban J connectivity index is 1.82. The lowest BCUT2D eigenvalue weighted by atomic mass is 9.83. The summed E-state index contributed by atoms with van der Waals surface area (Å²) in [5, 5.41) is 14.2. The molecule has 1 aliphatic carbocycles. The Hall–Kier alpha value is -3.75. The molecule has 0 spiro atoms. The van der Waals surface area contributed by atoms with E-state index in [0.717, 1.165) is 5.56 Å². The molecule has 4 aromatic rings. The van der Waals surface area contributed by atoms with E-state index in [1.165, 1.54) is 6.07 Å². The summed E-state index contributed by atoms with van der Waals surface area (Å²) in [6.45, 7) is 1.72. The minimum Gasteiger partial charge on any atom is -0.460 e. The van der Waals surface area contributed by atoms with Crippen molar-refractivity contribution in [2.24, 2.45) is 7.05 Å². The van der Waals surface area contributed by atoms with Crippen molar-refractivity contribution in [1.82, 2.24) is 0 Å². The third-order valence-electron chi connectivity index (χ3n) is 5.80. The number of aromatic nitrogens is 1. The minimum atomic E-state index is -4.49. The molecule has 1 aliphatic rings.